The molecule has 0 unspecified atom stereocenters. The number of hydrogen-bond donors (Lipinski definition) is 12. The maximum atomic E-state index is 11.3. The molecule has 0 bridgehead atoms. The Balaban J connectivity index is 1.95. The zero-order valence-electron chi connectivity index (χ0n) is 21.7. The van der Waals surface area contributed by atoms with Crippen molar-refractivity contribution in [2.75, 3.05) is 20.3 Å². The topological polar surface area (TPSA) is 328 Å². The van der Waals surface area contributed by atoms with E-state index in [9.17, 15) is 45.6 Å². The van der Waals surface area contributed by atoms with Gasteiger partial charge in [0.2, 0.25) is 0 Å². The highest BCUT2D eigenvalue weighted by atomic mass is 16.8. The van der Waals surface area contributed by atoms with Crippen molar-refractivity contribution in [3.05, 3.63) is 0 Å². The van der Waals surface area contributed by atoms with Gasteiger partial charge in [0.25, 0.3) is 0 Å². The van der Waals surface area contributed by atoms with Gasteiger partial charge >= 0.3 is 6.09 Å². The molecule has 2 saturated heterocycles. The molecule has 40 heavy (non-hydrogen) atoms. The molecule has 19 nitrogen and oxygen atoms in total. The second-order valence-electron chi connectivity index (χ2n) is 9.89. The molecule has 0 aromatic rings. The highest BCUT2D eigenvalue weighted by Gasteiger charge is 2.60. The average molecular weight is 586 g/mol. The third-order valence-corrected chi connectivity index (χ3v) is 7.42. The summed E-state index contributed by atoms with van der Waals surface area (Å²) in [5.74, 6) is -0.575. The summed E-state index contributed by atoms with van der Waals surface area (Å²) >= 11 is 0. The Labute approximate surface area is 228 Å². The molecule has 0 aromatic heterocycles. The van der Waals surface area contributed by atoms with E-state index in [1.165, 1.54) is 14.0 Å². The molecule has 0 aromatic carbocycles. The van der Waals surface area contributed by atoms with Gasteiger partial charge in [0.05, 0.1) is 25.4 Å². The normalized spacial score (nSPS) is 47.5. The highest BCUT2D eigenvalue weighted by Crippen LogP contribution is 2.39. The summed E-state index contributed by atoms with van der Waals surface area (Å²) in [5.41, 5.74) is 13.8. The largest absolute Gasteiger partial charge is 0.441 e. The lowest BCUT2D eigenvalue weighted by Crippen LogP contribution is -2.67. The summed E-state index contributed by atoms with van der Waals surface area (Å²) < 4.78 is 27.7. The van der Waals surface area contributed by atoms with Gasteiger partial charge in [-0.1, -0.05) is 0 Å². The molecule has 3 fully saturated rings. The van der Waals surface area contributed by atoms with Crippen molar-refractivity contribution in [1.29, 1.82) is 0 Å². The van der Waals surface area contributed by atoms with Gasteiger partial charge in [-0.2, -0.15) is 0 Å². The lowest BCUT2D eigenvalue weighted by molar-refractivity contribution is -0.319. The molecular formula is C21H39N5O14. The van der Waals surface area contributed by atoms with Crippen LogP contribution >= 0.6 is 0 Å². The molecule has 232 valence electrons. The number of primary amides is 1. The number of guanidine groups is 1. The molecule has 15 atom stereocenters. The van der Waals surface area contributed by atoms with E-state index in [0.29, 0.717) is 0 Å². The number of ether oxygens (including phenoxy) is 5. The molecule has 19 heteroatoms. The third kappa shape index (κ3) is 6.11. The van der Waals surface area contributed by atoms with Crippen LogP contribution < -0.4 is 22.5 Å². The molecule has 1 amide bonds. The van der Waals surface area contributed by atoms with Gasteiger partial charge < -0.3 is 87.1 Å². The maximum absolute atomic E-state index is 11.3. The van der Waals surface area contributed by atoms with Crippen LogP contribution in [-0.4, -0.2) is 164 Å². The molecule has 2 aliphatic heterocycles. The first-order valence-electron chi connectivity index (χ1n) is 12.4. The van der Waals surface area contributed by atoms with Crippen molar-refractivity contribution < 1.29 is 69.3 Å². The van der Waals surface area contributed by atoms with Gasteiger partial charge in [0.15, 0.2) is 24.6 Å². The Morgan fingerprint density at radius 3 is 2.08 bits per heavy atom. The molecule has 1 saturated carbocycles. The first kappa shape index (κ1) is 32.5. The second kappa shape index (κ2) is 12.9. The minimum atomic E-state index is -2.18. The van der Waals surface area contributed by atoms with E-state index < -0.39 is 117 Å². The fourth-order valence-corrected chi connectivity index (χ4v) is 5.10. The quantitative estimate of drug-likeness (QED) is 0.0882. The van der Waals surface area contributed by atoms with Crippen molar-refractivity contribution in [2.24, 2.45) is 22.2 Å². The minimum absolute atomic E-state index is 0.575. The van der Waals surface area contributed by atoms with Crippen molar-refractivity contribution >= 4 is 12.1 Å². The van der Waals surface area contributed by atoms with Gasteiger partial charge in [-0.25, -0.2) is 9.79 Å². The summed E-state index contributed by atoms with van der Waals surface area (Å²) in [7, 11) is 1.42. The van der Waals surface area contributed by atoms with Crippen LogP contribution in [0.25, 0.3) is 0 Å². The molecule has 15 N–H and O–H groups in total. The number of hydrogen-bond acceptors (Lipinski definition) is 16. The fraction of sp³-hybridized carbons (Fsp3) is 0.905. The third-order valence-electron chi connectivity index (χ3n) is 7.42. The number of aliphatic imine (C=N–C) groups is 1. The number of nitrogens with two attached hydrogens (primary N) is 3. The van der Waals surface area contributed by atoms with Gasteiger partial charge in [-0.15, -0.1) is 0 Å². The Bertz CT molecular complexity index is 900. The number of rotatable bonds is 9. The number of likely N-dealkylation sites (N-methyl/N-ethyl adjacent to an activating group) is 1. The Morgan fingerprint density at radius 1 is 0.925 bits per heavy atom. The molecule has 0 radical (unpaired) electrons. The summed E-state index contributed by atoms with van der Waals surface area (Å²) in [6, 6.07) is -2.69. The average Bonchev–Trinajstić information content (AvgIpc) is 3.13. The standard InChI is InChI=1S/C21H39N5O14/c1-5-21(35,4-28)16(40-17-8(25-2)10(30)9(29)6(3-27)37-17)18(36-5)38-14-7(26-19(22)23)11(31)15(39-20(24)34)13(33)12(14)32/h5-18,25,27-33,35H,3-4H2,1-2H3,(H2,24,34)(H4,22,23,26)/t5-,6-,7-,8-,9-,10-,11-,12+,13+,14-,15-,16-,17-,18-,21+/m0/s1. The van der Waals surface area contributed by atoms with E-state index >= 15 is 0 Å². The highest BCUT2D eigenvalue weighted by molar-refractivity contribution is 5.76. The van der Waals surface area contributed by atoms with Gasteiger partial charge in [0, 0.05) is 0 Å². The van der Waals surface area contributed by atoms with Crippen LogP contribution in [0, 0.1) is 0 Å². The zero-order valence-corrected chi connectivity index (χ0v) is 21.7. The Hall–Kier alpha value is -1.98. The molecule has 0 spiro atoms. The van der Waals surface area contributed by atoms with E-state index in [1.54, 1.807) is 0 Å². The number of amides is 1. The van der Waals surface area contributed by atoms with Crippen LogP contribution in [-0.2, 0) is 23.7 Å². The summed E-state index contributed by atoms with van der Waals surface area (Å²) in [6.07, 6.45) is -20.8. The number of aliphatic hydroxyl groups is 8. The van der Waals surface area contributed by atoms with Crippen LogP contribution in [0.2, 0.25) is 0 Å². The van der Waals surface area contributed by atoms with Gasteiger partial charge in [-0.05, 0) is 14.0 Å². The van der Waals surface area contributed by atoms with Crippen molar-refractivity contribution in [1.82, 2.24) is 5.32 Å². The Morgan fingerprint density at radius 2 is 1.55 bits per heavy atom. The van der Waals surface area contributed by atoms with Gasteiger partial charge in [-0.3, -0.25) is 0 Å². The van der Waals surface area contributed by atoms with Crippen LogP contribution in [0.1, 0.15) is 6.92 Å². The first-order valence-corrected chi connectivity index (χ1v) is 12.4. The molecular weight excluding hydrogens is 546 g/mol. The summed E-state index contributed by atoms with van der Waals surface area (Å²) in [4.78, 5) is 15.1. The smallest absolute Gasteiger partial charge is 0.404 e. The molecule has 3 rings (SSSR count). The van der Waals surface area contributed by atoms with Crippen molar-refractivity contribution in [3.8, 4) is 0 Å². The predicted molar refractivity (Wildman–Crippen MR) is 129 cm³/mol. The number of nitrogens with one attached hydrogen (secondary N) is 1. The van der Waals surface area contributed by atoms with Crippen LogP contribution in [0.15, 0.2) is 4.99 Å². The maximum Gasteiger partial charge on any atom is 0.404 e. The number of nitrogens with zero attached hydrogens (tertiary/aromatic N) is 1. The van der Waals surface area contributed by atoms with E-state index in [1.807, 2.05) is 0 Å². The monoisotopic (exact) mass is 585 g/mol. The van der Waals surface area contributed by atoms with E-state index in [4.69, 9.17) is 40.9 Å². The number of carbonyl (C=O) groups is 1. The molecule has 2 heterocycles. The lowest BCUT2D eigenvalue weighted by Gasteiger charge is -2.46. The zero-order chi connectivity index (χ0) is 30.1. The van der Waals surface area contributed by atoms with Crippen LogP contribution in [0.4, 0.5) is 4.79 Å². The van der Waals surface area contributed by atoms with E-state index in [2.05, 4.69) is 10.3 Å². The molecule has 1 aliphatic carbocycles. The summed E-state index contributed by atoms with van der Waals surface area (Å²) in [5, 5.41) is 86.5. The predicted octanol–water partition coefficient (Wildman–Crippen LogP) is -7.55. The second-order valence-corrected chi connectivity index (χ2v) is 9.89. The van der Waals surface area contributed by atoms with Crippen LogP contribution in [0.5, 0.6) is 0 Å². The first-order chi connectivity index (χ1) is 18.7. The van der Waals surface area contributed by atoms with Crippen LogP contribution in [0.3, 0.4) is 0 Å². The fourth-order valence-electron chi connectivity index (χ4n) is 5.10. The number of aliphatic hydroxyl groups excluding tert-OH is 7. The minimum Gasteiger partial charge on any atom is -0.441 e. The van der Waals surface area contributed by atoms with E-state index in [0.717, 1.165) is 0 Å². The lowest BCUT2D eigenvalue weighted by atomic mass is 9.83. The van der Waals surface area contributed by atoms with Crippen molar-refractivity contribution in [3.63, 3.8) is 0 Å². The Kier molecular flexibility index (Phi) is 10.5. The van der Waals surface area contributed by atoms with E-state index in [-0.39, 0.29) is 0 Å². The molecule has 3 aliphatic rings. The van der Waals surface area contributed by atoms with Gasteiger partial charge in [0.1, 0.15) is 60.5 Å². The summed E-state index contributed by atoms with van der Waals surface area (Å²) in [6.45, 7) is -0.267. The number of carbonyl (C=O) groups excluding carboxylic acids is 1. The SMILES string of the molecule is CN[C@@H]1[C@H](O[C@H]2[C@H](O[C@@H]3[C@H](O)[C@@H](O)[C@@H](OC(N)=O)[C@@H](O)[C@@H]3N=C(N)N)O[C@@H](C)[C@]2(O)CO)O[C@@H](CO)[C@H](O)[C@H]1O. The van der Waals surface area contributed by atoms with Crippen molar-refractivity contribution in [2.45, 2.75) is 98.2 Å².